The minimum Gasteiger partial charge on any atom is -0.449 e. The van der Waals surface area contributed by atoms with Crippen LogP contribution in [-0.2, 0) is 16.0 Å². The maximum absolute atomic E-state index is 12.9. The number of ketones is 1. The van der Waals surface area contributed by atoms with E-state index >= 15 is 0 Å². The van der Waals surface area contributed by atoms with E-state index in [2.05, 4.69) is 29.2 Å². The Balaban J connectivity index is 1.76. The van der Waals surface area contributed by atoms with E-state index in [9.17, 15) is 9.59 Å². The Morgan fingerprint density at radius 2 is 1.59 bits per heavy atom. The lowest BCUT2D eigenvalue weighted by Gasteiger charge is -2.46. The number of Topliss-reactive ketones (excluding diaryl/α,β-unsaturated/α-hetero) is 1. The summed E-state index contributed by atoms with van der Waals surface area (Å²) in [4.78, 5) is 29.7. The van der Waals surface area contributed by atoms with Crippen molar-refractivity contribution in [2.75, 3.05) is 31.1 Å². The third kappa shape index (κ3) is 4.85. The first kappa shape index (κ1) is 21.1. The number of carbonyl (C=O) groups is 2. The molecule has 5 heteroatoms. The Kier molecular flexibility index (Phi) is 7.04. The molecule has 3 rings (SSSR count). The zero-order valence-corrected chi connectivity index (χ0v) is 17.3. The van der Waals surface area contributed by atoms with Crippen molar-refractivity contribution >= 4 is 17.6 Å². The van der Waals surface area contributed by atoms with Gasteiger partial charge in [0.1, 0.15) is 5.54 Å². The highest BCUT2D eigenvalue weighted by Gasteiger charge is 2.47. The second-order valence-electron chi connectivity index (χ2n) is 7.53. The van der Waals surface area contributed by atoms with Gasteiger partial charge in [0.25, 0.3) is 0 Å². The molecule has 1 heterocycles. The molecule has 1 aliphatic rings. The summed E-state index contributed by atoms with van der Waals surface area (Å²) in [5.41, 5.74) is 1.16. The van der Waals surface area contributed by atoms with Crippen molar-refractivity contribution in [3.05, 3.63) is 66.2 Å². The topological polar surface area (TPSA) is 49.9 Å². The molecular formula is C24H30N2O3. The van der Waals surface area contributed by atoms with Gasteiger partial charge < -0.3 is 9.64 Å². The average molecular weight is 395 g/mol. The maximum atomic E-state index is 12.9. The predicted octanol–water partition coefficient (Wildman–Crippen LogP) is 4.32. The van der Waals surface area contributed by atoms with E-state index in [0.29, 0.717) is 18.5 Å². The number of nitrogens with zero attached hydrogens (tertiary/aromatic N) is 2. The lowest BCUT2D eigenvalue weighted by Crippen LogP contribution is -2.62. The molecular weight excluding hydrogens is 364 g/mol. The molecule has 0 aromatic heterocycles. The van der Waals surface area contributed by atoms with Crippen LogP contribution in [0.25, 0.3) is 0 Å². The number of carbonyl (C=O) groups excluding carboxylic acids is 2. The number of hydrogen-bond donors (Lipinski definition) is 0. The van der Waals surface area contributed by atoms with Crippen molar-refractivity contribution in [2.45, 2.75) is 38.6 Å². The molecule has 0 N–H and O–H groups in total. The zero-order valence-electron chi connectivity index (χ0n) is 17.3. The Morgan fingerprint density at radius 3 is 2.14 bits per heavy atom. The highest BCUT2D eigenvalue weighted by Crippen LogP contribution is 2.35. The van der Waals surface area contributed by atoms with E-state index in [1.165, 1.54) is 5.56 Å². The van der Waals surface area contributed by atoms with Gasteiger partial charge in [0.2, 0.25) is 0 Å². The van der Waals surface area contributed by atoms with Gasteiger partial charge in [-0.15, -0.1) is 0 Å². The number of piperidine rings is 1. The summed E-state index contributed by atoms with van der Waals surface area (Å²) in [7, 11) is 0. The van der Waals surface area contributed by atoms with Gasteiger partial charge in [-0.1, -0.05) is 48.5 Å². The third-order valence-electron chi connectivity index (χ3n) is 5.79. The van der Waals surface area contributed by atoms with Crippen LogP contribution in [0.2, 0.25) is 0 Å². The molecule has 1 amide bonds. The van der Waals surface area contributed by atoms with Crippen molar-refractivity contribution in [2.24, 2.45) is 0 Å². The summed E-state index contributed by atoms with van der Waals surface area (Å²) in [6.07, 6.45) is 1.73. The van der Waals surface area contributed by atoms with Crippen molar-refractivity contribution in [3.63, 3.8) is 0 Å². The summed E-state index contributed by atoms with van der Waals surface area (Å²) >= 11 is 0. The Hall–Kier alpha value is -2.66. The predicted molar refractivity (Wildman–Crippen MR) is 115 cm³/mol. The molecule has 0 bridgehead atoms. The summed E-state index contributed by atoms with van der Waals surface area (Å²) < 4.78 is 5.34. The van der Waals surface area contributed by atoms with Gasteiger partial charge in [0.05, 0.1) is 6.61 Å². The van der Waals surface area contributed by atoms with Crippen molar-refractivity contribution in [3.8, 4) is 0 Å². The summed E-state index contributed by atoms with van der Waals surface area (Å²) in [6.45, 7) is 6.15. The number of benzene rings is 2. The van der Waals surface area contributed by atoms with E-state index in [0.717, 1.165) is 26.1 Å². The molecule has 5 nitrogen and oxygen atoms in total. The van der Waals surface area contributed by atoms with Gasteiger partial charge in [-0.2, -0.15) is 0 Å². The third-order valence-corrected chi connectivity index (χ3v) is 5.79. The van der Waals surface area contributed by atoms with Crippen LogP contribution in [0.1, 0.15) is 32.3 Å². The van der Waals surface area contributed by atoms with Crippen LogP contribution in [0.3, 0.4) is 0 Å². The first-order valence-electron chi connectivity index (χ1n) is 10.4. The van der Waals surface area contributed by atoms with Crippen LogP contribution < -0.4 is 4.90 Å². The van der Waals surface area contributed by atoms with E-state index in [1.54, 1.807) is 18.7 Å². The molecule has 1 fully saturated rings. The average Bonchev–Trinajstić information content (AvgIpc) is 2.75. The van der Waals surface area contributed by atoms with Gasteiger partial charge in [0.15, 0.2) is 5.78 Å². The van der Waals surface area contributed by atoms with E-state index in [1.807, 2.05) is 36.4 Å². The second-order valence-corrected chi connectivity index (χ2v) is 7.53. The van der Waals surface area contributed by atoms with Crippen LogP contribution in [0, 0.1) is 0 Å². The molecule has 0 radical (unpaired) electrons. The van der Waals surface area contributed by atoms with Gasteiger partial charge in [-0.25, -0.2) is 4.79 Å². The van der Waals surface area contributed by atoms with Crippen molar-refractivity contribution < 1.29 is 14.3 Å². The number of para-hydroxylation sites is 1. The zero-order chi connectivity index (χ0) is 20.7. The summed E-state index contributed by atoms with van der Waals surface area (Å²) in [5, 5.41) is 0. The largest absolute Gasteiger partial charge is 0.449 e. The number of rotatable bonds is 7. The Labute approximate surface area is 173 Å². The molecule has 1 aliphatic heterocycles. The molecule has 2 aromatic rings. The van der Waals surface area contributed by atoms with Crippen LogP contribution in [0.15, 0.2) is 60.7 Å². The van der Waals surface area contributed by atoms with Crippen molar-refractivity contribution in [1.29, 1.82) is 0 Å². The number of ether oxygens (including phenoxy) is 1. The first-order valence-corrected chi connectivity index (χ1v) is 10.4. The van der Waals surface area contributed by atoms with Crippen LogP contribution >= 0.6 is 0 Å². The van der Waals surface area contributed by atoms with Gasteiger partial charge in [-0.3, -0.25) is 9.69 Å². The van der Waals surface area contributed by atoms with E-state index in [4.69, 9.17) is 4.74 Å². The monoisotopic (exact) mass is 394 g/mol. The Bertz CT molecular complexity index is 799. The fourth-order valence-corrected chi connectivity index (χ4v) is 4.10. The number of amides is 1. The fourth-order valence-electron chi connectivity index (χ4n) is 4.10. The molecule has 0 atom stereocenters. The highest BCUT2D eigenvalue weighted by atomic mass is 16.6. The van der Waals surface area contributed by atoms with E-state index in [-0.39, 0.29) is 12.4 Å². The standard InChI is InChI=1S/C24H30N2O3/c1-3-29-23(28)26(22-12-8-5-9-13-22)24(20(2)27)15-18-25(19-16-24)17-14-21-10-6-4-7-11-21/h4-13H,3,14-19H2,1-2H3. The lowest BCUT2D eigenvalue weighted by molar-refractivity contribution is -0.123. The highest BCUT2D eigenvalue weighted by molar-refractivity contribution is 6.01. The molecule has 0 unspecified atom stereocenters. The first-order chi connectivity index (χ1) is 14.1. The molecule has 0 saturated carbocycles. The summed E-state index contributed by atoms with van der Waals surface area (Å²) in [5.74, 6) is 0.0112. The van der Waals surface area contributed by atoms with Crippen molar-refractivity contribution in [1.82, 2.24) is 4.90 Å². The minimum atomic E-state index is -0.864. The number of likely N-dealkylation sites (tertiary alicyclic amines) is 1. The second kappa shape index (κ2) is 9.70. The molecule has 0 spiro atoms. The molecule has 154 valence electrons. The molecule has 1 saturated heterocycles. The SMILES string of the molecule is CCOC(=O)N(c1ccccc1)C1(C(C)=O)CCN(CCc2ccccc2)CC1. The van der Waals surface area contributed by atoms with Crippen LogP contribution in [0.4, 0.5) is 10.5 Å². The number of hydrogen-bond acceptors (Lipinski definition) is 4. The Morgan fingerprint density at radius 1 is 1.00 bits per heavy atom. The fraction of sp³-hybridized carbons (Fsp3) is 0.417. The van der Waals surface area contributed by atoms with Gasteiger partial charge in [0, 0.05) is 25.3 Å². The van der Waals surface area contributed by atoms with Gasteiger partial charge in [-0.05, 0) is 50.8 Å². The molecule has 29 heavy (non-hydrogen) atoms. The van der Waals surface area contributed by atoms with E-state index < -0.39 is 11.6 Å². The van der Waals surface area contributed by atoms with Crippen LogP contribution in [-0.4, -0.2) is 48.6 Å². The summed E-state index contributed by atoms with van der Waals surface area (Å²) in [6, 6.07) is 19.8. The normalized spacial score (nSPS) is 16.2. The smallest absolute Gasteiger partial charge is 0.415 e. The maximum Gasteiger partial charge on any atom is 0.415 e. The molecule has 2 aromatic carbocycles. The number of anilines is 1. The minimum absolute atomic E-state index is 0.0112. The van der Waals surface area contributed by atoms with Gasteiger partial charge >= 0.3 is 6.09 Å². The van der Waals surface area contributed by atoms with Crippen LogP contribution in [0.5, 0.6) is 0 Å². The molecule has 0 aliphatic carbocycles. The quantitative estimate of drug-likeness (QED) is 0.702. The lowest BCUT2D eigenvalue weighted by atomic mass is 9.81.